The molecule has 0 saturated heterocycles. The van der Waals surface area contributed by atoms with Gasteiger partial charge >= 0.3 is 5.97 Å². The highest BCUT2D eigenvalue weighted by Gasteiger charge is 2.11. The number of rotatable bonds is 9. The third-order valence-electron chi connectivity index (χ3n) is 3.26. The fourth-order valence-corrected chi connectivity index (χ4v) is 2.00. The Morgan fingerprint density at radius 1 is 1.35 bits per heavy atom. The lowest BCUT2D eigenvalue weighted by molar-refractivity contribution is 0.0457. The summed E-state index contributed by atoms with van der Waals surface area (Å²) in [6, 6.07) is 4.10. The van der Waals surface area contributed by atoms with Crippen LogP contribution in [0.15, 0.2) is 18.2 Å². The molecule has 0 aliphatic heterocycles. The van der Waals surface area contributed by atoms with Crippen LogP contribution in [0.2, 0.25) is 0 Å². The molecule has 0 saturated carbocycles. The Balaban J connectivity index is 2.38. The van der Waals surface area contributed by atoms with E-state index in [-0.39, 0.29) is 11.7 Å². The highest BCUT2D eigenvalue weighted by Crippen LogP contribution is 2.14. The minimum Gasteiger partial charge on any atom is -0.478 e. The zero-order chi connectivity index (χ0) is 15.0. The first-order valence-electron chi connectivity index (χ1n) is 7.18. The van der Waals surface area contributed by atoms with Gasteiger partial charge in [0.15, 0.2) is 0 Å². The molecule has 1 unspecified atom stereocenters. The zero-order valence-corrected chi connectivity index (χ0v) is 12.2. The molecule has 3 nitrogen and oxygen atoms in total. The predicted octanol–water partition coefficient (Wildman–Crippen LogP) is 4.40. The molecule has 0 amide bonds. The second-order valence-electron chi connectivity index (χ2n) is 5.09. The molecule has 0 radical (unpaired) electrons. The van der Waals surface area contributed by atoms with Gasteiger partial charge in [-0.2, -0.15) is 0 Å². The maximum Gasteiger partial charge on any atom is 0.338 e. The summed E-state index contributed by atoms with van der Waals surface area (Å²) >= 11 is 0. The van der Waals surface area contributed by atoms with Crippen molar-refractivity contribution < 1.29 is 19.0 Å². The highest BCUT2D eigenvalue weighted by atomic mass is 19.1. The van der Waals surface area contributed by atoms with Crippen LogP contribution in [0.4, 0.5) is 4.39 Å². The van der Waals surface area contributed by atoms with E-state index in [4.69, 9.17) is 9.84 Å². The molecular formula is C16H23FO3. The monoisotopic (exact) mass is 282 g/mol. The molecule has 1 rings (SSSR count). The van der Waals surface area contributed by atoms with Crippen LogP contribution in [0.5, 0.6) is 0 Å². The van der Waals surface area contributed by atoms with Gasteiger partial charge in [-0.3, -0.25) is 0 Å². The Hall–Kier alpha value is -1.42. The molecule has 112 valence electrons. The Morgan fingerprint density at radius 3 is 2.70 bits per heavy atom. The van der Waals surface area contributed by atoms with E-state index in [1.54, 1.807) is 6.07 Å². The Labute approximate surface area is 119 Å². The molecule has 20 heavy (non-hydrogen) atoms. The topological polar surface area (TPSA) is 46.5 Å². The van der Waals surface area contributed by atoms with E-state index in [1.165, 1.54) is 31.4 Å². The van der Waals surface area contributed by atoms with Gasteiger partial charge in [0.25, 0.3) is 0 Å². The molecule has 1 atom stereocenters. The molecule has 0 fully saturated rings. The number of ether oxygens (including phenoxy) is 1. The molecule has 0 bridgehead atoms. The van der Waals surface area contributed by atoms with Gasteiger partial charge in [0.1, 0.15) is 5.82 Å². The lowest BCUT2D eigenvalue weighted by Crippen LogP contribution is -2.09. The lowest BCUT2D eigenvalue weighted by atomic mass is 10.1. The summed E-state index contributed by atoms with van der Waals surface area (Å²) in [5.74, 6) is -1.96. The molecule has 0 heterocycles. The van der Waals surface area contributed by atoms with Gasteiger partial charge < -0.3 is 9.84 Å². The van der Waals surface area contributed by atoms with E-state index in [2.05, 4.69) is 6.92 Å². The second-order valence-corrected chi connectivity index (χ2v) is 5.09. The van der Waals surface area contributed by atoms with Crippen LogP contribution in [0.3, 0.4) is 0 Å². The number of aromatic carboxylic acids is 1. The molecule has 1 aromatic carbocycles. The second kappa shape index (κ2) is 8.69. The number of benzene rings is 1. The normalized spacial score (nSPS) is 12.3. The van der Waals surface area contributed by atoms with Crippen molar-refractivity contribution in [1.29, 1.82) is 0 Å². The summed E-state index contributed by atoms with van der Waals surface area (Å²) in [7, 11) is 0. The number of carboxylic acid groups (broad SMARTS) is 1. The van der Waals surface area contributed by atoms with Crippen LogP contribution < -0.4 is 0 Å². The molecule has 4 heteroatoms. The van der Waals surface area contributed by atoms with Gasteiger partial charge in [0, 0.05) is 0 Å². The summed E-state index contributed by atoms with van der Waals surface area (Å²) in [6.45, 7) is 4.49. The van der Waals surface area contributed by atoms with Crippen LogP contribution in [-0.4, -0.2) is 17.2 Å². The van der Waals surface area contributed by atoms with E-state index in [9.17, 15) is 9.18 Å². The van der Waals surface area contributed by atoms with E-state index in [0.717, 1.165) is 12.8 Å². The number of carboxylic acids is 1. The Kier molecular flexibility index (Phi) is 7.23. The Morgan fingerprint density at radius 2 is 2.10 bits per heavy atom. The first-order valence-corrected chi connectivity index (χ1v) is 7.18. The maximum absolute atomic E-state index is 13.5. The summed E-state index contributed by atoms with van der Waals surface area (Å²) in [5.41, 5.74) is 0.356. The zero-order valence-electron chi connectivity index (χ0n) is 12.2. The molecule has 0 aliphatic rings. The van der Waals surface area contributed by atoms with E-state index in [1.807, 2.05) is 6.92 Å². The standard InChI is InChI=1S/C16H23FO3/c1-3-4-5-6-7-12(2)20-11-13-8-9-14(16(18)19)15(17)10-13/h8-10,12H,3-7,11H2,1-2H3,(H,18,19). The Bertz CT molecular complexity index is 432. The van der Waals surface area contributed by atoms with Crippen molar-refractivity contribution in [3.63, 3.8) is 0 Å². The SMILES string of the molecule is CCCCCCC(C)OCc1ccc(C(=O)O)c(F)c1. The van der Waals surface area contributed by atoms with Crippen molar-refractivity contribution in [1.82, 2.24) is 0 Å². The van der Waals surface area contributed by atoms with Crippen molar-refractivity contribution in [3.8, 4) is 0 Å². The smallest absolute Gasteiger partial charge is 0.338 e. The summed E-state index contributed by atoms with van der Waals surface area (Å²) in [6.07, 6.45) is 5.94. The fourth-order valence-electron chi connectivity index (χ4n) is 2.00. The van der Waals surface area contributed by atoms with Crippen LogP contribution >= 0.6 is 0 Å². The molecule has 0 spiro atoms. The van der Waals surface area contributed by atoms with Crippen molar-refractivity contribution in [3.05, 3.63) is 35.1 Å². The number of hydrogen-bond acceptors (Lipinski definition) is 2. The molecule has 0 aromatic heterocycles. The van der Waals surface area contributed by atoms with Crippen LogP contribution in [-0.2, 0) is 11.3 Å². The van der Waals surface area contributed by atoms with Gasteiger partial charge in [0.2, 0.25) is 0 Å². The quantitative estimate of drug-likeness (QED) is 0.683. The third kappa shape index (κ3) is 5.70. The van der Waals surface area contributed by atoms with Crippen LogP contribution in [0.25, 0.3) is 0 Å². The molecule has 1 aromatic rings. The maximum atomic E-state index is 13.5. The largest absolute Gasteiger partial charge is 0.478 e. The number of hydrogen-bond donors (Lipinski definition) is 1. The average molecular weight is 282 g/mol. The molecular weight excluding hydrogens is 259 g/mol. The number of halogens is 1. The van der Waals surface area contributed by atoms with E-state index >= 15 is 0 Å². The fraction of sp³-hybridized carbons (Fsp3) is 0.562. The third-order valence-corrected chi connectivity index (χ3v) is 3.26. The number of unbranched alkanes of at least 4 members (excludes halogenated alkanes) is 3. The first-order chi connectivity index (χ1) is 9.54. The summed E-state index contributed by atoms with van der Waals surface area (Å²) in [5, 5.41) is 8.74. The lowest BCUT2D eigenvalue weighted by Gasteiger charge is -2.13. The van der Waals surface area contributed by atoms with Crippen LogP contribution in [0, 0.1) is 5.82 Å². The summed E-state index contributed by atoms with van der Waals surface area (Å²) in [4.78, 5) is 10.7. The molecule has 1 N–H and O–H groups in total. The summed E-state index contributed by atoms with van der Waals surface area (Å²) < 4.78 is 19.1. The molecule has 0 aliphatic carbocycles. The van der Waals surface area contributed by atoms with Crippen molar-refractivity contribution >= 4 is 5.97 Å². The van der Waals surface area contributed by atoms with Crippen LogP contribution in [0.1, 0.15) is 61.9 Å². The first kappa shape index (κ1) is 16.6. The average Bonchev–Trinajstić information content (AvgIpc) is 2.41. The van der Waals surface area contributed by atoms with Crippen molar-refractivity contribution in [2.45, 2.75) is 58.7 Å². The highest BCUT2D eigenvalue weighted by molar-refractivity contribution is 5.87. The van der Waals surface area contributed by atoms with Crippen molar-refractivity contribution in [2.75, 3.05) is 0 Å². The van der Waals surface area contributed by atoms with Gasteiger partial charge in [0.05, 0.1) is 18.3 Å². The minimum atomic E-state index is -1.25. The van der Waals surface area contributed by atoms with E-state index < -0.39 is 11.8 Å². The van der Waals surface area contributed by atoms with E-state index in [0.29, 0.717) is 12.2 Å². The van der Waals surface area contributed by atoms with Gasteiger partial charge in [-0.15, -0.1) is 0 Å². The number of carbonyl (C=O) groups is 1. The van der Waals surface area contributed by atoms with Crippen molar-refractivity contribution in [2.24, 2.45) is 0 Å². The minimum absolute atomic E-state index is 0.133. The van der Waals surface area contributed by atoms with Gasteiger partial charge in [-0.05, 0) is 31.0 Å². The van der Waals surface area contributed by atoms with Gasteiger partial charge in [-0.25, -0.2) is 9.18 Å². The van der Waals surface area contributed by atoms with Gasteiger partial charge in [-0.1, -0.05) is 38.7 Å². The predicted molar refractivity (Wildman–Crippen MR) is 76.4 cm³/mol.